The molecular weight excluding hydrogens is 358 g/mol. The van der Waals surface area contributed by atoms with Crippen molar-refractivity contribution < 1.29 is 5.11 Å². The van der Waals surface area contributed by atoms with Crippen LogP contribution in [-0.2, 0) is 6.54 Å². The van der Waals surface area contributed by atoms with Crippen LogP contribution in [0, 0.1) is 46.8 Å². The minimum absolute atomic E-state index is 0.407. The number of nitrogens with zero attached hydrogens (tertiary/aromatic N) is 3. The molecule has 1 aromatic heterocycles. The minimum atomic E-state index is -0.450. The second kappa shape index (κ2) is 6.93. The Labute approximate surface area is 176 Å². The molecule has 0 aliphatic heterocycles. The lowest BCUT2D eigenvalue weighted by atomic mass is 9.48. The van der Waals surface area contributed by atoms with Crippen LogP contribution in [0.15, 0.2) is 24.5 Å². The molecule has 0 unspecified atom stereocenters. The summed E-state index contributed by atoms with van der Waals surface area (Å²) in [6.07, 6.45) is 13.9. The topological polar surface area (TPSA) is 50.9 Å². The van der Waals surface area contributed by atoms with E-state index in [9.17, 15) is 5.11 Å². The smallest absolute Gasteiger partial charge is 0.0817 e. The van der Waals surface area contributed by atoms with Crippen LogP contribution in [0.4, 0.5) is 0 Å². The van der Waals surface area contributed by atoms with Crippen LogP contribution in [-0.4, -0.2) is 25.7 Å². The maximum Gasteiger partial charge on any atom is 0.0817 e. The summed E-state index contributed by atoms with van der Waals surface area (Å²) in [5, 5.41) is 19.5. The first-order valence-corrected chi connectivity index (χ1v) is 12.0. The van der Waals surface area contributed by atoms with Gasteiger partial charge >= 0.3 is 0 Å². The standard InChI is InChI=1S/C25H39N3O/c1-16(15-28-26-11-12-27-28)22-7-8-23-20-6-5-18-14-25(4,29)17(2)13-21(18)19(20)9-10-24(22,23)3/h11-12,17-23,29H,1,5-10,13-15H2,2-4H3/t17-,18+,19+,20-,21+,22-,23+,24-,25+/m1/s1. The Morgan fingerprint density at radius 2 is 1.83 bits per heavy atom. The quantitative estimate of drug-likeness (QED) is 0.722. The van der Waals surface area contributed by atoms with Gasteiger partial charge in [0, 0.05) is 0 Å². The largest absolute Gasteiger partial charge is 0.390 e. The van der Waals surface area contributed by atoms with Gasteiger partial charge in [-0.2, -0.15) is 15.0 Å². The van der Waals surface area contributed by atoms with E-state index in [0.29, 0.717) is 17.3 Å². The molecule has 0 aromatic carbocycles. The van der Waals surface area contributed by atoms with E-state index in [0.717, 1.165) is 42.6 Å². The van der Waals surface area contributed by atoms with Crippen molar-refractivity contribution in [1.82, 2.24) is 15.0 Å². The number of aliphatic hydroxyl groups is 1. The molecule has 1 N–H and O–H groups in total. The Hall–Kier alpha value is -1.16. The molecule has 0 spiro atoms. The first kappa shape index (κ1) is 19.8. The van der Waals surface area contributed by atoms with Crippen molar-refractivity contribution in [1.29, 1.82) is 0 Å². The molecule has 4 saturated carbocycles. The molecule has 0 amide bonds. The summed E-state index contributed by atoms with van der Waals surface area (Å²) in [6.45, 7) is 12.2. The van der Waals surface area contributed by atoms with E-state index in [1.54, 1.807) is 17.2 Å². The average Bonchev–Trinajstić information content (AvgIpc) is 3.29. The SMILES string of the molecule is C=C(Cn1nccn1)[C@H]1CC[C@H]2[C@@H]3CC[C@H]4C[C@](C)(O)[C@H](C)C[C@@H]4[C@H]3CC[C@]12C. The van der Waals surface area contributed by atoms with Crippen molar-refractivity contribution in [2.45, 2.75) is 84.3 Å². The molecule has 4 aliphatic rings. The van der Waals surface area contributed by atoms with E-state index < -0.39 is 5.60 Å². The zero-order valence-corrected chi connectivity index (χ0v) is 18.6. The second-order valence-electron chi connectivity index (χ2n) is 11.5. The Morgan fingerprint density at radius 1 is 1.07 bits per heavy atom. The van der Waals surface area contributed by atoms with Gasteiger partial charge in [0.1, 0.15) is 0 Å². The summed E-state index contributed by atoms with van der Waals surface area (Å²) in [6, 6.07) is 0. The van der Waals surface area contributed by atoms with E-state index in [4.69, 9.17) is 0 Å². The van der Waals surface area contributed by atoms with E-state index in [1.807, 2.05) is 0 Å². The summed E-state index contributed by atoms with van der Waals surface area (Å²) in [5.41, 5.74) is 1.29. The number of aromatic nitrogens is 3. The first-order chi connectivity index (χ1) is 13.8. The van der Waals surface area contributed by atoms with Gasteiger partial charge in [0.15, 0.2) is 0 Å². The summed E-state index contributed by atoms with van der Waals surface area (Å²) in [5.74, 6) is 5.30. The van der Waals surface area contributed by atoms with Gasteiger partial charge in [-0.05, 0) is 105 Å². The third kappa shape index (κ3) is 3.12. The molecule has 0 saturated heterocycles. The van der Waals surface area contributed by atoms with Gasteiger partial charge < -0.3 is 5.11 Å². The number of hydrogen-bond donors (Lipinski definition) is 1. The lowest BCUT2D eigenvalue weighted by Crippen LogP contribution is -2.52. The fourth-order valence-corrected chi connectivity index (χ4v) is 8.54. The molecule has 4 fully saturated rings. The molecule has 29 heavy (non-hydrogen) atoms. The van der Waals surface area contributed by atoms with Gasteiger partial charge in [-0.1, -0.05) is 26.0 Å². The summed E-state index contributed by atoms with van der Waals surface area (Å²) in [7, 11) is 0. The van der Waals surface area contributed by atoms with Crippen molar-refractivity contribution in [3.8, 4) is 0 Å². The van der Waals surface area contributed by atoms with Gasteiger partial charge in [-0.25, -0.2) is 0 Å². The van der Waals surface area contributed by atoms with Crippen LogP contribution in [0.1, 0.15) is 72.1 Å². The maximum absolute atomic E-state index is 10.8. The van der Waals surface area contributed by atoms with Gasteiger partial charge in [-0.15, -0.1) is 0 Å². The number of hydrogen-bond acceptors (Lipinski definition) is 3. The van der Waals surface area contributed by atoms with Gasteiger partial charge in [0.25, 0.3) is 0 Å². The van der Waals surface area contributed by atoms with Crippen molar-refractivity contribution >= 4 is 0 Å². The molecular formula is C25H39N3O. The highest BCUT2D eigenvalue weighted by molar-refractivity contribution is 5.15. The molecule has 4 nitrogen and oxygen atoms in total. The predicted molar refractivity (Wildman–Crippen MR) is 115 cm³/mol. The van der Waals surface area contributed by atoms with Crippen molar-refractivity contribution in [3.05, 3.63) is 24.5 Å². The zero-order chi connectivity index (χ0) is 20.4. The van der Waals surface area contributed by atoms with Crippen LogP contribution in [0.25, 0.3) is 0 Å². The molecule has 160 valence electrons. The summed E-state index contributed by atoms with van der Waals surface area (Å²) < 4.78 is 0. The van der Waals surface area contributed by atoms with Crippen LogP contribution in [0.3, 0.4) is 0 Å². The zero-order valence-electron chi connectivity index (χ0n) is 18.6. The third-order valence-corrected chi connectivity index (χ3v) is 10.2. The molecule has 1 aromatic rings. The second-order valence-corrected chi connectivity index (χ2v) is 11.5. The molecule has 5 rings (SSSR count). The van der Waals surface area contributed by atoms with Crippen molar-refractivity contribution in [2.75, 3.05) is 0 Å². The fraction of sp³-hybridized carbons (Fsp3) is 0.840. The van der Waals surface area contributed by atoms with E-state index in [-0.39, 0.29) is 0 Å². The van der Waals surface area contributed by atoms with Crippen LogP contribution < -0.4 is 0 Å². The summed E-state index contributed by atoms with van der Waals surface area (Å²) >= 11 is 0. The molecule has 0 radical (unpaired) electrons. The summed E-state index contributed by atoms with van der Waals surface area (Å²) in [4.78, 5) is 1.80. The van der Waals surface area contributed by atoms with Crippen molar-refractivity contribution in [3.63, 3.8) is 0 Å². The lowest BCUT2D eigenvalue weighted by Gasteiger charge is -2.58. The van der Waals surface area contributed by atoms with Crippen molar-refractivity contribution in [2.24, 2.45) is 46.8 Å². The molecule has 4 aliphatic carbocycles. The third-order valence-electron chi connectivity index (χ3n) is 10.2. The lowest BCUT2D eigenvalue weighted by molar-refractivity contribution is -0.121. The number of fused-ring (bicyclic) bond motifs is 5. The Morgan fingerprint density at radius 3 is 2.59 bits per heavy atom. The van der Waals surface area contributed by atoms with Crippen LogP contribution in [0.2, 0.25) is 0 Å². The molecule has 9 atom stereocenters. The molecule has 0 bridgehead atoms. The molecule has 1 heterocycles. The van der Waals surface area contributed by atoms with Crippen LogP contribution >= 0.6 is 0 Å². The fourth-order valence-electron chi connectivity index (χ4n) is 8.54. The van der Waals surface area contributed by atoms with E-state index in [1.165, 1.54) is 50.5 Å². The number of allylic oxidation sites excluding steroid dienone is 1. The average molecular weight is 398 g/mol. The normalized spacial score (nSPS) is 49.2. The Bertz CT molecular complexity index is 756. The monoisotopic (exact) mass is 397 g/mol. The van der Waals surface area contributed by atoms with Gasteiger partial charge in [-0.3, -0.25) is 0 Å². The Kier molecular flexibility index (Phi) is 4.73. The minimum Gasteiger partial charge on any atom is -0.390 e. The predicted octanol–water partition coefficient (Wildman–Crippen LogP) is 5.10. The number of rotatable bonds is 3. The van der Waals surface area contributed by atoms with Gasteiger partial charge in [0.2, 0.25) is 0 Å². The van der Waals surface area contributed by atoms with E-state index in [2.05, 4.69) is 37.5 Å². The first-order valence-electron chi connectivity index (χ1n) is 12.0. The van der Waals surface area contributed by atoms with Crippen LogP contribution in [0.5, 0.6) is 0 Å². The van der Waals surface area contributed by atoms with E-state index >= 15 is 0 Å². The maximum atomic E-state index is 10.8. The Balaban J connectivity index is 1.33. The van der Waals surface area contributed by atoms with Gasteiger partial charge in [0.05, 0.1) is 24.5 Å². The highest BCUT2D eigenvalue weighted by Crippen LogP contribution is 2.65. The highest BCUT2D eigenvalue weighted by atomic mass is 16.3. The molecule has 4 heteroatoms. The highest BCUT2D eigenvalue weighted by Gasteiger charge is 2.58.